The standard InChI is InChI=1S/C25H23F3N2O3/c1-15(2)23(31)29-20-8-4-5-16(12-20)22-13-18-14-30(10-9-21(18)33-22)24(32)17-6-3-7-19(11-17)25(26,27)28/h3-8,11-13,15H,9-10,14H2,1-2H3,(H,29,31). The number of alkyl halides is 3. The van der Waals surface area contributed by atoms with Gasteiger partial charge < -0.3 is 14.6 Å². The van der Waals surface area contributed by atoms with Gasteiger partial charge in [0.1, 0.15) is 11.5 Å². The molecule has 1 aromatic heterocycles. The van der Waals surface area contributed by atoms with E-state index in [1.165, 1.54) is 17.0 Å². The lowest BCUT2D eigenvalue weighted by atomic mass is 10.0. The van der Waals surface area contributed by atoms with E-state index >= 15 is 0 Å². The third kappa shape index (κ3) is 4.94. The van der Waals surface area contributed by atoms with Gasteiger partial charge in [-0.3, -0.25) is 9.59 Å². The highest BCUT2D eigenvalue weighted by Gasteiger charge is 2.32. The van der Waals surface area contributed by atoms with Crippen molar-refractivity contribution in [2.24, 2.45) is 5.92 Å². The Morgan fingerprint density at radius 1 is 1.06 bits per heavy atom. The van der Waals surface area contributed by atoms with Gasteiger partial charge in [-0.15, -0.1) is 0 Å². The van der Waals surface area contributed by atoms with Gasteiger partial charge in [-0.25, -0.2) is 0 Å². The molecule has 0 bridgehead atoms. The normalized spacial score (nSPS) is 13.7. The summed E-state index contributed by atoms with van der Waals surface area (Å²) in [5.41, 5.74) is 1.41. The lowest BCUT2D eigenvalue weighted by Crippen LogP contribution is -2.35. The van der Waals surface area contributed by atoms with Crippen molar-refractivity contribution in [1.82, 2.24) is 4.90 Å². The SMILES string of the molecule is CC(C)C(=O)Nc1cccc(-c2cc3c(o2)CCN(C(=O)c2cccc(C(F)(F)F)c2)C3)c1. The number of nitrogens with zero attached hydrogens (tertiary/aromatic N) is 1. The maximum Gasteiger partial charge on any atom is 0.416 e. The average molecular weight is 456 g/mol. The van der Waals surface area contributed by atoms with Crippen molar-refractivity contribution in [3.63, 3.8) is 0 Å². The minimum atomic E-state index is -4.51. The number of nitrogens with one attached hydrogen (secondary N) is 1. The summed E-state index contributed by atoms with van der Waals surface area (Å²) in [4.78, 5) is 26.4. The number of furan rings is 1. The monoisotopic (exact) mass is 456 g/mol. The molecule has 0 saturated carbocycles. The molecule has 2 heterocycles. The van der Waals surface area contributed by atoms with Gasteiger partial charge in [-0.1, -0.05) is 32.0 Å². The number of carbonyl (C=O) groups is 2. The number of carbonyl (C=O) groups excluding carboxylic acids is 2. The molecule has 1 N–H and O–H groups in total. The van der Waals surface area contributed by atoms with Crippen LogP contribution in [0.1, 0.15) is 41.1 Å². The summed E-state index contributed by atoms with van der Waals surface area (Å²) in [6.45, 7) is 4.22. The van der Waals surface area contributed by atoms with Gasteiger partial charge in [0, 0.05) is 47.8 Å². The van der Waals surface area contributed by atoms with Gasteiger partial charge in [0.2, 0.25) is 5.91 Å². The molecule has 0 atom stereocenters. The third-order valence-electron chi connectivity index (χ3n) is 5.53. The molecule has 0 aliphatic carbocycles. The predicted molar refractivity (Wildman–Crippen MR) is 118 cm³/mol. The van der Waals surface area contributed by atoms with E-state index in [1.807, 2.05) is 38.1 Å². The van der Waals surface area contributed by atoms with Crippen LogP contribution in [-0.4, -0.2) is 23.3 Å². The van der Waals surface area contributed by atoms with Crippen molar-refractivity contribution in [3.05, 3.63) is 77.0 Å². The van der Waals surface area contributed by atoms with Gasteiger partial charge in [-0.05, 0) is 36.4 Å². The van der Waals surface area contributed by atoms with Crippen LogP contribution in [0.2, 0.25) is 0 Å². The van der Waals surface area contributed by atoms with Gasteiger partial charge in [0.05, 0.1) is 5.56 Å². The molecule has 2 amide bonds. The second-order valence-electron chi connectivity index (χ2n) is 8.34. The Labute approximate surface area is 189 Å². The van der Waals surface area contributed by atoms with Crippen molar-refractivity contribution in [2.45, 2.75) is 33.0 Å². The molecular weight excluding hydrogens is 433 g/mol. The molecular formula is C25H23F3N2O3. The molecule has 0 radical (unpaired) electrons. The molecule has 0 unspecified atom stereocenters. The topological polar surface area (TPSA) is 62.6 Å². The number of amides is 2. The molecule has 0 fully saturated rings. The molecule has 33 heavy (non-hydrogen) atoms. The zero-order valence-electron chi connectivity index (χ0n) is 18.2. The molecule has 8 heteroatoms. The molecule has 4 rings (SSSR count). The van der Waals surface area contributed by atoms with E-state index in [4.69, 9.17) is 4.42 Å². The summed E-state index contributed by atoms with van der Waals surface area (Å²) >= 11 is 0. The highest BCUT2D eigenvalue weighted by molar-refractivity contribution is 5.94. The molecule has 1 aliphatic rings. The van der Waals surface area contributed by atoms with Crippen LogP contribution < -0.4 is 5.32 Å². The van der Waals surface area contributed by atoms with Crippen LogP contribution in [0.3, 0.4) is 0 Å². The molecule has 0 saturated heterocycles. The van der Waals surface area contributed by atoms with E-state index in [-0.39, 0.29) is 23.9 Å². The lowest BCUT2D eigenvalue weighted by Gasteiger charge is -2.26. The Morgan fingerprint density at radius 2 is 1.82 bits per heavy atom. The summed E-state index contributed by atoms with van der Waals surface area (Å²) in [5.74, 6) is 0.663. The first kappa shape index (κ1) is 22.6. The van der Waals surface area contributed by atoms with E-state index in [2.05, 4.69) is 5.32 Å². The molecule has 5 nitrogen and oxygen atoms in total. The molecule has 2 aromatic carbocycles. The van der Waals surface area contributed by atoms with Crippen molar-refractivity contribution in [2.75, 3.05) is 11.9 Å². The van der Waals surface area contributed by atoms with Crippen molar-refractivity contribution < 1.29 is 27.2 Å². The first-order chi connectivity index (χ1) is 15.6. The first-order valence-corrected chi connectivity index (χ1v) is 10.6. The Hall–Kier alpha value is -3.55. The number of hydrogen-bond donors (Lipinski definition) is 1. The Morgan fingerprint density at radius 3 is 2.55 bits per heavy atom. The van der Waals surface area contributed by atoms with E-state index in [9.17, 15) is 22.8 Å². The van der Waals surface area contributed by atoms with Crippen molar-refractivity contribution in [1.29, 1.82) is 0 Å². The highest BCUT2D eigenvalue weighted by Crippen LogP contribution is 2.33. The number of rotatable bonds is 4. The Kier molecular flexibility index (Phi) is 6.01. The van der Waals surface area contributed by atoms with E-state index in [1.54, 1.807) is 6.07 Å². The second-order valence-corrected chi connectivity index (χ2v) is 8.34. The fraction of sp³-hybridized carbons (Fsp3) is 0.280. The highest BCUT2D eigenvalue weighted by atomic mass is 19.4. The van der Waals surface area contributed by atoms with Crippen LogP contribution in [-0.2, 0) is 23.9 Å². The third-order valence-corrected chi connectivity index (χ3v) is 5.53. The van der Waals surface area contributed by atoms with Crippen LogP contribution >= 0.6 is 0 Å². The maximum absolute atomic E-state index is 13.0. The number of halogens is 3. The van der Waals surface area contributed by atoms with Crippen molar-refractivity contribution >= 4 is 17.5 Å². The number of hydrogen-bond acceptors (Lipinski definition) is 3. The lowest BCUT2D eigenvalue weighted by molar-refractivity contribution is -0.137. The summed E-state index contributed by atoms with van der Waals surface area (Å²) in [6.07, 6.45) is -4.04. The number of anilines is 1. The van der Waals surface area contributed by atoms with Gasteiger partial charge in [0.15, 0.2) is 0 Å². The van der Waals surface area contributed by atoms with Crippen LogP contribution in [0.25, 0.3) is 11.3 Å². The minimum Gasteiger partial charge on any atom is -0.461 e. The van der Waals surface area contributed by atoms with E-state index in [0.29, 0.717) is 24.4 Å². The molecule has 3 aromatic rings. The fourth-order valence-corrected chi connectivity index (χ4v) is 3.70. The maximum atomic E-state index is 13.0. The smallest absolute Gasteiger partial charge is 0.416 e. The summed E-state index contributed by atoms with van der Waals surface area (Å²) in [5, 5.41) is 2.85. The second kappa shape index (κ2) is 8.77. The quantitative estimate of drug-likeness (QED) is 0.543. The summed E-state index contributed by atoms with van der Waals surface area (Å²) in [7, 11) is 0. The van der Waals surface area contributed by atoms with Crippen molar-refractivity contribution in [3.8, 4) is 11.3 Å². The first-order valence-electron chi connectivity index (χ1n) is 10.6. The summed E-state index contributed by atoms with van der Waals surface area (Å²) < 4.78 is 45.0. The van der Waals surface area contributed by atoms with Gasteiger partial charge in [-0.2, -0.15) is 13.2 Å². The molecule has 172 valence electrons. The van der Waals surface area contributed by atoms with Crippen LogP contribution in [0.15, 0.2) is 59.0 Å². The Balaban J connectivity index is 1.52. The number of benzene rings is 2. The largest absolute Gasteiger partial charge is 0.461 e. The minimum absolute atomic E-state index is 0.00517. The average Bonchev–Trinajstić information content (AvgIpc) is 3.22. The van der Waals surface area contributed by atoms with Crippen LogP contribution in [0.4, 0.5) is 18.9 Å². The van der Waals surface area contributed by atoms with Gasteiger partial charge >= 0.3 is 6.18 Å². The zero-order valence-corrected chi connectivity index (χ0v) is 18.2. The van der Waals surface area contributed by atoms with Crippen LogP contribution in [0, 0.1) is 5.92 Å². The zero-order chi connectivity index (χ0) is 23.8. The summed E-state index contributed by atoms with van der Waals surface area (Å²) in [6, 6.07) is 13.6. The van der Waals surface area contributed by atoms with E-state index < -0.39 is 17.6 Å². The Bertz CT molecular complexity index is 1200. The number of fused-ring (bicyclic) bond motifs is 1. The predicted octanol–water partition coefficient (Wildman–Crippen LogP) is 5.76. The fourth-order valence-electron chi connectivity index (χ4n) is 3.70. The van der Waals surface area contributed by atoms with Crippen LogP contribution in [0.5, 0.6) is 0 Å². The van der Waals surface area contributed by atoms with E-state index in [0.717, 1.165) is 29.0 Å². The molecule has 0 spiro atoms. The molecule has 1 aliphatic heterocycles. The van der Waals surface area contributed by atoms with Gasteiger partial charge in [0.25, 0.3) is 5.91 Å².